The van der Waals surface area contributed by atoms with E-state index in [1.54, 1.807) is 26.4 Å². The minimum Gasteiger partial charge on any atom is -0.493 e. The molecular formula is C14H18N4O4. The number of fused-ring (bicyclic) bond motifs is 1. The van der Waals surface area contributed by atoms with E-state index in [4.69, 9.17) is 20.3 Å². The summed E-state index contributed by atoms with van der Waals surface area (Å²) in [5, 5.41) is 12.2. The number of nitrogens with one attached hydrogen (secondary N) is 1. The van der Waals surface area contributed by atoms with Gasteiger partial charge >= 0.3 is 5.97 Å². The quantitative estimate of drug-likeness (QED) is 0.658. The van der Waals surface area contributed by atoms with Crippen molar-refractivity contribution >= 4 is 28.6 Å². The van der Waals surface area contributed by atoms with E-state index in [9.17, 15) is 4.79 Å². The molecule has 0 spiro atoms. The Morgan fingerprint density at radius 3 is 2.59 bits per heavy atom. The number of nitrogens with zero attached hydrogens (tertiary/aromatic N) is 2. The lowest BCUT2D eigenvalue weighted by Crippen LogP contribution is -2.09. The van der Waals surface area contributed by atoms with Gasteiger partial charge in [0.15, 0.2) is 11.5 Å². The number of ether oxygens (including phenoxy) is 2. The molecule has 8 nitrogen and oxygen atoms in total. The molecule has 2 aromatic rings. The first-order valence-corrected chi connectivity index (χ1v) is 6.70. The molecule has 0 aliphatic carbocycles. The van der Waals surface area contributed by atoms with Crippen molar-refractivity contribution in [3.8, 4) is 11.5 Å². The number of carboxylic acids is 1. The first kappa shape index (κ1) is 15.6. The smallest absolute Gasteiger partial charge is 0.303 e. The molecule has 0 amide bonds. The van der Waals surface area contributed by atoms with Crippen molar-refractivity contribution in [2.45, 2.75) is 12.8 Å². The summed E-state index contributed by atoms with van der Waals surface area (Å²) in [5.41, 5.74) is 6.56. The van der Waals surface area contributed by atoms with Gasteiger partial charge in [-0.05, 0) is 12.5 Å². The molecule has 0 atom stereocenters. The van der Waals surface area contributed by atoms with E-state index in [2.05, 4.69) is 15.3 Å². The largest absolute Gasteiger partial charge is 0.493 e. The molecule has 0 aliphatic rings. The third-order valence-corrected chi connectivity index (χ3v) is 3.08. The van der Waals surface area contributed by atoms with Crippen LogP contribution in [0.15, 0.2) is 12.1 Å². The first-order valence-electron chi connectivity index (χ1n) is 6.70. The number of hydrogen-bond donors (Lipinski definition) is 3. The van der Waals surface area contributed by atoms with Gasteiger partial charge in [0.1, 0.15) is 5.82 Å². The van der Waals surface area contributed by atoms with Crippen LogP contribution in [0.3, 0.4) is 0 Å². The summed E-state index contributed by atoms with van der Waals surface area (Å²) in [6.07, 6.45) is 0.559. The van der Waals surface area contributed by atoms with E-state index < -0.39 is 5.97 Å². The van der Waals surface area contributed by atoms with Crippen LogP contribution in [0.25, 0.3) is 10.9 Å². The van der Waals surface area contributed by atoms with Crippen LogP contribution in [0.2, 0.25) is 0 Å². The van der Waals surface area contributed by atoms with Crippen LogP contribution in [0.5, 0.6) is 11.5 Å². The number of nitrogens with two attached hydrogens (primary N) is 1. The van der Waals surface area contributed by atoms with E-state index in [1.165, 1.54) is 0 Å². The number of benzene rings is 1. The van der Waals surface area contributed by atoms with Gasteiger partial charge in [-0.25, -0.2) is 4.98 Å². The Balaban J connectivity index is 2.25. The molecule has 8 heteroatoms. The van der Waals surface area contributed by atoms with Crippen LogP contribution < -0.4 is 20.5 Å². The number of carbonyl (C=O) groups is 1. The molecule has 1 aromatic heterocycles. The van der Waals surface area contributed by atoms with Crippen LogP contribution in [0.4, 0.5) is 11.8 Å². The average Bonchev–Trinajstić information content (AvgIpc) is 2.50. The second kappa shape index (κ2) is 6.79. The Hall–Kier alpha value is -2.77. The monoisotopic (exact) mass is 306 g/mol. The summed E-state index contributed by atoms with van der Waals surface area (Å²) in [6.45, 7) is 0.449. The first-order chi connectivity index (χ1) is 10.5. The molecular weight excluding hydrogens is 288 g/mol. The third kappa shape index (κ3) is 3.46. The minimum atomic E-state index is -0.836. The Kier molecular flexibility index (Phi) is 4.82. The van der Waals surface area contributed by atoms with Crippen molar-refractivity contribution in [2.75, 3.05) is 31.8 Å². The zero-order valence-corrected chi connectivity index (χ0v) is 12.4. The molecule has 0 saturated heterocycles. The van der Waals surface area contributed by atoms with Crippen molar-refractivity contribution in [3.05, 3.63) is 12.1 Å². The number of methoxy groups -OCH3 is 2. The Morgan fingerprint density at radius 1 is 1.27 bits per heavy atom. The van der Waals surface area contributed by atoms with Crippen molar-refractivity contribution in [1.29, 1.82) is 0 Å². The van der Waals surface area contributed by atoms with Crippen molar-refractivity contribution in [2.24, 2.45) is 0 Å². The summed E-state index contributed by atoms with van der Waals surface area (Å²) >= 11 is 0. The summed E-state index contributed by atoms with van der Waals surface area (Å²) < 4.78 is 10.5. The van der Waals surface area contributed by atoms with Crippen LogP contribution >= 0.6 is 0 Å². The van der Waals surface area contributed by atoms with Crippen LogP contribution in [-0.2, 0) is 4.79 Å². The SMILES string of the molecule is COc1cc2nc(NCCCC(=O)O)nc(N)c2cc1OC. The molecule has 0 saturated carbocycles. The van der Waals surface area contributed by atoms with Gasteiger partial charge < -0.3 is 25.6 Å². The van der Waals surface area contributed by atoms with E-state index in [-0.39, 0.29) is 6.42 Å². The minimum absolute atomic E-state index is 0.0844. The Bertz CT molecular complexity index is 690. The summed E-state index contributed by atoms with van der Waals surface area (Å²) in [4.78, 5) is 19.0. The second-order valence-corrected chi connectivity index (χ2v) is 4.58. The van der Waals surface area contributed by atoms with Crippen LogP contribution in [0, 0.1) is 0 Å². The van der Waals surface area contributed by atoms with Crippen LogP contribution in [-0.4, -0.2) is 41.8 Å². The lowest BCUT2D eigenvalue weighted by atomic mass is 10.2. The predicted octanol–water partition coefficient (Wildman–Crippen LogP) is 1.51. The third-order valence-electron chi connectivity index (χ3n) is 3.08. The topological polar surface area (TPSA) is 120 Å². The number of nitrogen functional groups attached to an aromatic ring is 1. The highest BCUT2D eigenvalue weighted by Gasteiger charge is 2.11. The molecule has 2 rings (SSSR count). The van der Waals surface area contributed by atoms with E-state index in [1.807, 2.05) is 0 Å². The predicted molar refractivity (Wildman–Crippen MR) is 82.4 cm³/mol. The van der Waals surface area contributed by atoms with Gasteiger partial charge in [-0.3, -0.25) is 4.79 Å². The average molecular weight is 306 g/mol. The molecule has 0 fully saturated rings. The molecule has 22 heavy (non-hydrogen) atoms. The summed E-state index contributed by atoms with van der Waals surface area (Å²) in [5.74, 6) is 0.921. The Morgan fingerprint density at radius 2 is 1.95 bits per heavy atom. The molecule has 0 unspecified atom stereocenters. The molecule has 4 N–H and O–H groups in total. The van der Waals surface area contributed by atoms with E-state index in [0.29, 0.717) is 47.1 Å². The maximum Gasteiger partial charge on any atom is 0.303 e. The highest BCUT2D eigenvalue weighted by molar-refractivity contribution is 5.91. The highest BCUT2D eigenvalue weighted by atomic mass is 16.5. The van der Waals surface area contributed by atoms with E-state index >= 15 is 0 Å². The lowest BCUT2D eigenvalue weighted by Gasteiger charge is -2.11. The summed E-state index contributed by atoms with van der Waals surface area (Å²) in [7, 11) is 3.08. The van der Waals surface area contributed by atoms with Gasteiger partial charge in [0.2, 0.25) is 5.95 Å². The fourth-order valence-electron chi connectivity index (χ4n) is 2.00. The van der Waals surface area contributed by atoms with Gasteiger partial charge in [-0.1, -0.05) is 0 Å². The van der Waals surface area contributed by atoms with Crippen molar-refractivity contribution in [3.63, 3.8) is 0 Å². The van der Waals surface area contributed by atoms with E-state index in [0.717, 1.165) is 0 Å². The summed E-state index contributed by atoms with van der Waals surface area (Å²) in [6, 6.07) is 3.44. The second-order valence-electron chi connectivity index (χ2n) is 4.58. The van der Waals surface area contributed by atoms with Gasteiger partial charge in [0.25, 0.3) is 0 Å². The normalized spacial score (nSPS) is 10.5. The standard InChI is InChI=1S/C14H18N4O4/c1-21-10-6-8-9(7-11(10)22-2)17-14(18-13(8)15)16-5-3-4-12(19)20/h6-7H,3-5H2,1-2H3,(H,19,20)(H3,15,16,17,18). The lowest BCUT2D eigenvalue weighted by molar-refractivity contribution is -0.137. The number of carboxylic acid groups (broad SMARTS) is 1. The number of aromatic nitrogens is 2. The number of aliphatic carboxylic acids is 1. The fraction of sp³-hybridized carbons (Fsp3) is 0.357. The fourth-order valence-corrected chi connectivity index (χ4v) is 2.00. The van der Waals surface area contributed by atoms with Crippen molar-refractivity contribution in [1.82, 2.24) is 9.97 Å². The molecule has 1 heterocycles. The molecule has 118 valence electrons. The molecule has 0 bridgehead atoms. The van der Waals surface area contributed by atoms with Gasteiger partial charge in [0, 0.05) is 24.4 Å². The zero-order valence-electron chi connectivity index (χ0n) is 12.4. The zero-order chi connectivity index (χ0) is 16.1. The van der Waals surface area contributed by atoms with Crippen LogP contribution in [0.1, 0.15) is 12.8 Å². The Labute approximate surface area is 127 Å². The number of hydrogen-bond acceptors (Lipinski definition) is 7. The molecule has 1 aromatic carbocycles. The van der Waals surface area contributed by atoms with Crippen molar-refractivity contribution < 1.29 is 19.4 Å². The maximum atomic E-state index is 10.5. The molecule has 0 radical (unpaired) electrons. The highest BCUT2D eigenvalue weighted by Crippen LogP contribution is 2.33. The number of rotatable bonds is 7. The molecule has 0 aliphatic heterocycles. The maximum absolute atomic E-state index is 10.5. The number of anilines is 2. The van der Waals surface area contributed by atoms with Gasteiger partial charge in [-0.15, -0.1) is 0 Å². The van der Waals surface area contributed by atoms with Gasteiger partial charge in [0.05, 0.1) is 19.7 Å². The van der Waals surface area contributed by atoms with Gasteiger partial charge in [-0.2, -0.15) is 4.98 Å².